The van der Waals surface area contributed by atoms with Crippen LogP contribution in [0.4, 0.5) is 5.69 Å². The lowest BCUT2D eigenvalue weighted by molar-refractivity contribution is -0.111. The molecule has 3 aromatic rings. The number of carbonyl (C=O) groups excluding carboxylic acids is 1. The first kappa shape index (κ1) is 17.8. The van der Waals surface area contributed by atoms with Gasteiger partial charge in [-0.3, -0.25) is 4.79 Å². The van der Waals surface area contributed by atoms with Gasteiger partial charge in [-0.15, -0.1) is 0 Å². The highest BCUT2D eigenvalue weighted by Gasteiger charge is 2.02. The molecule has 2 aromatic carbocycles. The predicted molar refractivity (Wildman–Crippen MR) is 103 cm³/mol. The second kappa shape index (κ2) is 8.36. The van der Waals surface area contributed by atoms with Crippen molar-refractivity contribution in [1.29, 1.82) is 0 Å². The molecule has 0 bridgehead atoms. The number of aryl methyl sites for hydroxylation is 1. The van der Waals surface area contributed by atoms with E-state index >= 15 is 0 Å². The number of nitrogens with one attached hydrogen (secondary N) is 1. The molecule has 0 aliphatic carbocycles. The van der Waals surface area contributed by atoms with Gasteiger partial charge in [-0.1, -0.05) is 23.7 Å². The third-order valence-corrected chi connectivity index (χ3v) is 3.96. The van der Waals surface area contributed by atoms with Crippen LogP contribution in [0.25, 0.3) is 6.08 Å². The van der Waals surface area contributed by atoms with Gasteiger partial charge in [0, 0.05) is 36.2 Å². The van der Waals surface area contributed by atoms with Crippen molar-refractivity contribution in [3.8, 4) is 5.75 Å². The molecule has 1 heterocycles. The van der Waals surface area contributed by atoms with E-state index in [0.29, 0.717) is 23.1 Å². The second-order valence-electron chi connectivity index (χ2n) is 5.64. The fourth-order valence-electron chi connectivity index (χ4n) is 2.25. The minimum Gasteiger partial charge on any atom is -0.486 e. The van der Waals surface area contributed by atoms with E-state index in [0.717, 1.165) is 11.4 Å². The van der Waals surface area contributed by atoms with Gasteiger partial charge in [-0.25, -0.2) is 4.98 Å². The average Bonchev–Trinajstić information content (AvgIpc) is 3.06. The molecular formula is C20H18ClN3O2. The Bertz CT molecular complexity index is 900. The van der Waals surface area contributed by atoms with E-state index in [4.69, 9.17) is 16.3 Å². The highest BCUT2D eigenvalue weighted by atomic mass is 35.5. The van der Waals surface area contributed by atoms with Crippen molar-refractivity contribution in [1.82, 2.24) is 9.55 Å². The summed E-state index contributed by atoms with van der Waals surface area (Å²) in [6.45, 7) is 0.388. The maximum absolute atomic E-state index is 12.0. The van der Waals surface area contributed by atoms with E-state index in [1.54, 1.807) is 36.5 Å². The van der Waals surface area contributed by atoms with E-state index in [9.17, 15) is 4.79 Å². The van der Waals surface area contributed by atoms with Gasteiger partial charge in [0.25, 0.3) is 0 Å². The van der Waals surface area contributed by atoms with Crippen LogP contribution in [0.2, 0.25) is 5.02 Å². The van der Waals surface area contributed by atoms with Crippen molar-refractivity contribution in [3.63, 3.8) is 0 Å². The number of nitrogens with zero attached hydrogens (tertiary/aromatic N) is 2. The van der Waals surface area contributed by atoms with Crippen molar-refractivity contribution in [2.24, 2.45) is 7.05 Å². The van der Waals surface area contributed by atoms with Gasteiger partial charge in [0.15, 0.2) is 0 Å². The molecular weight excluding hydrogens is 350 g/mol. The predicted octanol–water partition coefficient (Wildman–Crippen LogP) is 4.30. The molecule has 0 fully saturated rings. The van der Waals surface area contributed by atoms with E-state index in [1.807, 2.05) is 42.1 Å². The number of hydrogen-bond acceptors (Lipinski definition) is 3. The fourth-order valence-corrected chi connectivity index (χ4v) is 2.37. The third kappa shape index (κ3) is 4.97. The molecule has 0 saturated heterocycles. The first-order valence-corrected chi connectivity index (χ1v) is 8.41. The number of carbonyl (C=O) groups is 1. The first-order valence-electron chi connectivity index (χ1n) is 8.04. The molecule has 26 heavy (non-hydrogen) atoms. The van der Waals surface area contributed by atoms with E-state index in [-0.39, 0.29) is 5.91 Å². The highest BCUT2D eigenvalue weighted by molar-refractivity contribution is 6.30. The summed E-state index contributed by atoms with van der Waals surface area (Å²) in [7, 11) is 1.92. The van der Waals surface area contributed by atoms with Gasteiger partial charge < -0.3 is 14.6 Å². The second-order valence-corrected chi connectivity index (χ2v) is 6.08. The van der Waals surface area contributed by atoms with Gasteiger partial charge in [-0.05, 0) is 48.0 Å². The van der Waals surface area contributed by atoms with E-state index in [1.165, 1.54) is 6.08 Å². The van der Waals surface area contributed by atoms with Crippen LogP contribution in [0.1, 0.15) is 11.4 Å². The Kier molecular flexibility index (Phi) is 5.71. The Labute approximate surface area is 156 Å². The number of aromatic nitrogens is 2. The summed E-state index contributed by atoms with van der Waals surface area (Å²) in [4.78, 5) is 16.2. The van der Waals surface area contributed by atoms with Crippen molar-refractivity contribution in [3.05, 3.63) is 83.4 Å². The SMILES string of the molecule is Cn1ccnc1COc1ccc(NC(=O)/C=C/c2ccc(Cl)cc2)cc1. The highest BCUT2D eigenvalue weighted by Crippen LogP contribution is 2.17. The van der Waals surface area contributed by atoms with Crippen LogP contribution in [-0.2, 0) is 18.4 Å². The largest absolute Gasteiger partial charge is 0.486 e. The molecule has 0 saturated carbocycles. The standard InChI is InChI=1S/C20H18ClN3O2/c1-24-13-12-22-19(24)14-26-18-9-7-17(8-10-18)23-20(25)11-4-15-2-5-16(21)6-3-15/h2-13H,14H2,1H3,(H,23,25)/b11-4+. The van der Waals surface area contributed by atoms with Crippen LogP contribution in [0.15, 0.2) is 67.0 Å². The Hall–Kier alpha value is -3.05. The molecule has 0 radical (unpaired) electrons. The summed E-state index contributed by atoms with van der Waals surface area (Å²) < 4.78 is 7.59. The Balaban J connectivity index is 1.52. The van der Waals surface area contributed by atoms with Gasteiger partial charge in [0.1, 0.15) is 18.2 Å². The summed E-state index contributed by atoms with van der Waals surface area (Å²) in [5.74, 6) is 1.35. The number of amides is 1. The Morgan fingerprint density at radius 2 is 1.92 bits per heavy atom. The van der Waals surface area contributed by atoms with E-state index in [2.05, 4.69) is 10.3 Å². The topological polar surface area (TPSA) is 56.1 Å². The normalized spacial score (nSPS) is 10.8. The molecule has 6 heteroatoms. The number of halogens is 1. The van der Waals surface area contributed by atoms with Crippen LogP contribution in [-0.4, -0.2) is 15.5 Å². The Morgan fingerprint density at radius 3 is 2.58 bits per heavy atom. The summed E-state index contributed by atoms with van der Waals surface area (Å²) in [6, 6.07) is 14.5. The lowest BCUT2D eigenvalue weighted by Gasteiger charge is -2.07. The summed E-state index contributed by atoms with van der Waals surface area (Å²) in [6.07, 6.45) is 6.81. The molecule has 1 N–H and O–H groups in total. The van der Waals surface area contributed by atoms with Crippen LogP contribution in [0, 0.1) is 0 Å². The van der Waals surface area contributed by atoms with Gasteiger partial charge in [0.05, 0.1) is 0 Å². The molecule has 1 amide bonds. The van der Waals surface area contributed by atoms with Crippen molar-refractivity contribution < 1.29 is 9.53 Å². The van der Waals surface area contributed by atoms with Crippen molar-refractivity contribution >= 4 is 29.3 Å². The maximum Gasteiger partial charge on any atom is 0.248 e. The zero-order chi connectivity index (χ0) is 18.4. The lowest BCUT2D eigenvalue weighted by Crippen LogP contribution is -2.07. The monoisotopic (exact) mass is 367 g/mol. The molecule has 0 aliphatic rings. The lowest BCUT2D eigenvalue weighted by atomic mass is 10.2. The summed E-state index contributed by atoms with van der Waals surface area (Å²) >= 11 is 5.84. The zero-order valence-electron chi connectivity index (χ0n) is 14.2. The van der Waals surface area contributed by atoms with Crippen molar-refractivity contribution in [2.75, 3.05) is 5.32 Å². The minimum absolute atomic E-state index is 0.207. The van der Waals surface area contributed by atoms with Gasteiger partial charge in [-0.2, -0.15) is 0 Å². The maximum atomic E-state index is 12.0. The fraction of sp³-hybridized carbons (Fsp3) is 0.100. The first-order chi connectivity index (χ1) is 12.6. The smallest absolute Gasteiger partial charge is 0.248 e. The minimum atomic E-state index is -0.207. The van der Waals surface area contributed by atoms with Crippen molar-refractivity contribution in [2.45, 2.75) is 6.61 Å². The number of ether oxygens (including phenoxy) is 1. The molecule has 132 valence electrons. The zero-order valence-corrected chi connectivity index (χ0v) is 15.0. The van der Waals surface area contributed by atoms with E-state index < -0.39 is 0 Å². The molecule has 0 spiro atoms. The van der Waals surface area contributed by atoms with Crippen LogP contribution < -0.4 is 10.1 Å². The number of benzene rings is 2. The number of imidazole rings is 1. The molecule has 3 rings (SSSR count). The molecule has 0 aliphatic heterocycles. The third-order valence-electron chi connectivity index (χ3n) is 3.71. The van der Waals surface area contributed by atoms with Gasteiger partial charge >= 0.3 is 0 Å². The van der Waals surface area contributed by atoms with Crippen LogP contribution in [0.5, 0.6) is 5.75 Å². The van der Waals surface area contributed by atoms with Crippen LogP contribution >= 0.6 is 11.6 Å². The average molecular weight is 368 g/mol. The molecule has 5 nitrogen and oxygen atoms in total. The molecule has 1 aromatic heterocycles. The molecule has 0 atom stereocenters. The number of rotatable bonds is 6. The summed E-state index contributed by atoms with van der Waals surface area (Å²) in [5.41, 5.74) is 1.60. The number of anilines is 1. The number of hydrogen-bond donors (Lipinski definition) is 1. The Morgan fingerprint density at radius 1 is 1.19 bits per heavy atom. The summed E-state index contributed by atoms with van der Waals surface area (Å²) in [5, 5.41) is 3.47. The van der Waals surface area contributed by atoms with Gasteiger partial charge in [0.2, 0.25) is 5.91 Å². The molecule has 0 unspecified atom stereocenters. The van der Waals surface area contributed by atoms with Crippen LogP contribution in [0.3, 0.4) is 0 Å². The quantitative estimate of drug-likeness (QED) is 0.661.